The zero-order valence-electron chi connectivity index (χ0n) is 10.2. The zero-order chi connectivity index (χ0) is 12.3. The number of nitrogens with zero attached hydrogens (tertiary/aromatic N) is 2. The maximum absolute atomic E-state index is 5.49. The van der Waals surface area contributed by atoms with E-state index in [0.29, 0.717) is 0 Å². The molecule has 4 rings (SSSR count). The minimum absolute atomic E-state index is 0.116. The molecule has 5 heteroatoms. The van der Waals surface area contributed by atoms with Gasteiger partial charge in [0.1, 0.15) is 5.65 Å². The highest BCUT2D eigenvalue weighted by Gasteiger charge is 2.30. The molecule has 18 heavy (non-hydrogen) atoms. The van der Waals surface area contributed by atoms with Crippen LogP contribution < -0.4 is 0 Å². The Labute approximate surface area is 103 Å². The standard InChI is InChI=1S/C13H13N3O2/c1-7-6-16-4-3-10-9(12(16)14-7)5-11(15-10)13-17-8(2)18-13/h3-6,8,13,15H,1-2H3. The van der Waals surface area contributed by atoms with Crippen LogP contribution in [0.5, 0.6) is 0 Å². The number of pyridine rings is 1. The van der Waals surface area contributed by atoms with E-state index in [1.807, 2.05) is 42.8 Å². The van der Waals surface area contributed by atoms with E-state index in [1.54, 1.807) is 0 Å². The van der Waals surface area contributed by atoms with Gasteiger partial charge in [0.25, 0.3) is 0 Å². The molecule has 92 valence electrons. The smallest absolute Gasteiger partial charge is 0.204 e. The molecule has 0 atom stereocenters. The molecule has 3 aromatic rings. The van der Waals surface area contributed by atoms with Crippen LogP contribution in [0.2, 0.25) is 0 Å². The highest BCUT2D eigenvalue weighted by molar-refractivity contribution is 5.92. The average Bonchev–Trinajstić information content (AvgIpc) is 2.85. The number of ether oxygens (including phenoxy) is 2. The van der Waals surface area contributed by atoms with Crippen molar-refractivity contribution in [2.24, 2.45) is 0 Å². The molecule has 0 saturated carbocycles. The van der Waals surface area contributed by atoms with Crippen molar-refractivity contribution in [1.29, 1.82) is 0 Å². The van der Waals surface area contributed by atoms with Gasteiger partial charge in [-0.15, -0.1) is 0 Å². The molecule has 5 nitrogen and oxygen atoms in total. The minimum atomic E-state index is -0.275. The maximum atomic E-state index is 5.49. The molecule has 1 fully saturated rings. The number of rotatable bonds is 1. The molecule has 0 spiro atoms. The van der Waals surface area contributed by atoms with Crippen molar-refractivity contribution < 1.29 is 9.47 Å². The van der Waals surface area contributed by atoms with Crippen LogP contribution in [0.1, 0.15) is 24.6 Å². The molecule has 0 aliphatic carbocycles. The second-order valence-corrected chi connectivity index (χ2v) is 4.65. The van der Waals surface area contributed by atoms with Crippen molar-refractivity contribution in [3.8, 4) is 0 Å². The van der Waals surface area contributed by atoms with Gasteiger partial charge in [-0.05, 0) is 26.0 Å². The molecule has 0 bridgehead atoms. The van der Waals surface area contributed by atoms with Gasteiger partial charge in [-0.3, -0.25) is 0 Å². The number of aryl methyl sites for hydroxylation is 1. The summed E-state index contributed by atoms with van der Waals surface area (Å²) in [6.45, 7) is 3.88. The predicted octanol–water partition coefficient (Wildman–Crippen LogP) is 2.52. The number of hydrogen-bond donors (Lipinski definition) is 1. The van der Waals surface area contributed by atoms with E-state index in [4.69, 9.17) is 9.47 Å². The molecule has 0 aromatic carbocycles. The first-order valence-corrected chi connectivity index (χ1v) is 5.98. The second kappa shape index (κ2) is 3.34. The molecule has 1 aliphatic heterocycles. The van der Waals surface area contributed by atoms with Gasteiger partial charge in [0.05, 0.1) is 16.9 Å². The van der Waals surface area contributed by atoms with Crippen molar-refractivity contribution in [2.45, 2.75) is 26.4 Å². The molecule has 1 saturated heterocycles. The largest absolute Gasteiger partial charge is 0.354 e. The Hall–Kier alpha value is -1.85. The molecule has 1 aliphatic rings. The maximum Gasteiger partial charge on any atom is 0.204 e. The predicted molar refractivity (Wildman–Crippen MR) is 66.2 cm³/mol. The fourth-order valence-corrected chi connectivity index (χ4v) is 2.42. The van der Waals surface area contributed by atoms with Gasteiger partial charge in [0.15, 0.2) is 6.29 Å². The van der Waals surface area contributed by atoms with Crippen LogP contribution in [0.15, 0.2) is 24.5 Å². The molecular formula is C13H13N3O2. The lowest BCUT2D eigenvalue weighted by Crippen LogP contribution is -2.31. The number of imidazole rings is 1. The van der Waals surface area contributed by atoms with Gasteiger partial charge >= 0.3 is 0 Å². The van der Waals surface area contributed by atoms with Crippen LogP contribution in [-0.2, 0) is 9.47 Å². The Morgan fingerprint density at radius 3 is 3.00 bits per heavy atom. The van der Waals surface area contributed by atoms with E-state index in [0.717, 1.165) is 27.9 Å². The summed E-state index contributed by atoms with van der Waals surface area (Å²) in [7, 11) is 0. The van der Waals surface area contributed by atoms with Gasteiger partial charge in [0.2, 0.25) is 6.29 Å². The Bertz CT molecular complexity index is 737. The van der Waals surface area contributed by atoms with Crippen LogP contribution >= 0.6 is 0 Å². The Kier molecular flexibility index (Phi) is 1.87. The van der Waals surface area contributed by atoms with E-state index >= 15 is 0 Å². The van der Waals surface area contributed by atoms with Gasteiger partial charge in [-0.2, -0.15) is 0 Å². The van der Waals surface area contributed by atoms with Crippen LogP contribution in [0.3, 0.4) is 0 Å². The summed E-state index contributed by atoms with van der Waals surface area (Å²) < 4.78 is 13.0. The summed E-state index contributed by atoms with van der Waals surface area (Å²) >= 11 is 0. The number of aromatic nitrogens is 3. The van der Waals surface area contributed by atoms with Crippen LogP contribution in [0.25, 0.3) is 16.6 Å². The van der Waals surface area contributed by atoms with Gasteiger partial charge in [0, 0.05) is 17.8 Å². The third-order valence-corrected chi connectivity index (χ3v) is 3.25. The first kappa shape index (κ1) is 10.1. The number of aromatic amines is 1. The molecule has 1 N–H and O–H groups in total. The number of nitrogens with one attached hydrogen (secondary N) is 1. The Balaban J connectivity index is 1.90. The van der Waals surface area contributed by atoms with Gasteiger partial charge < -0.3 is 18.9 Å². The quantitative estimate of drug-likeness (QED) is 0.714. The van der Waals surface area contributed by atoms with Crippen LogP contribution in [-0.4, -0.2) is 20.7 Å². The fourth-order valence-electron chi connectivity index (χ4n) is 2.42. The lowest BCUT2D eigenvalue weighted by atomic mass is 10.3. The van der Waals surface area contributed by atoms with E-state index in [9.17, 15) is 0 Å². The van der Waals surface area contributed by atoms with E-state index in [1.165, 1.54) is 0 Å². The van der Waals surface area contributed by atoms with Crippen molar-refractivity contribution >= 4 is 16.6 Å². The molecule has 3 aromatic heterocycles. The van der Waals surface area contributed by atoms with E-state index in [2.05, 4.69) is 9.97 Å². The Morgan fingerprint density at radius 1 is 1.39 bits per heavy atom. The SMILES string of the molecule is Cc1cn2ccc3[nH]c(C4OC(C)O4)cc3c2n1. The van der Waals surface area contributed by atoms with Crippen LogP contribution in [0.4, 0.5) is 0 Å². The number of H-pyrrole nitrogens is 1. The summed E-state index contributed by atoms with van der Waals surface area (Å²) in [5.41, 5.74) is 3.96. The first-order valence-electron chi connectivity index (χ1n) is 5.98. The zero-order valence-corrected chi connectivity index (χ0v) is 10.2. The second-order valence-electron chi connectivity index (χ2n) is 4.65. The third kappa shape index (κ3) is 1.31. The third-order valence-electron chi connectivity index (χ3n) is 3.25. The fraction of sp³-hybridized carbons (Fsp3) is 0.308. The first-order chi connectivity index (χ1) is 8.70. The lowest BCUT2D eigenvalue weighted by molar-refractivity contribution is -0.383. The van der Waals surface area contributed by atoms with Crippen molar-refractivity contribution in [2.75, 3.05) is 0 Å². The topological polar surface area (TPSA) is 51.5 Å². The molecule has 0 unspecified atom stereocenters. The highest BCUT2D eigenvalue weighted by atomic mass is 16.9. The van der Waals surface area contributed by atoms with E-state index in [-0.39, 0.29) is 12.6 Å². The molecule has 0 amide bonds. The summed E-state index contributed by atoms with van der Waals surface area (Å²) in [5, 5.41) is 1.09. The van der Waals surface area contributed by atoms with Crippen LogP contribution in [0, 0.1) is 6.92 Å². The monoisotopic (exact) mass is 243 g/mol. The van der Waals surface area contributed by atoms with Gasteiger partial charge in [-0.1, -0.05) is 0 Å². The molecular weight excluding hydrogens is 230 g/mol. The molecule has 0 radical (unpaired) electrons. The molecule has 4 heterocycles. The summed E-state index contributed by atoms with van der Waals surface area (Å²) in [6.07, 6.45) is 3.63. The minimum Gasteiger partial charge on any atom is -0.354 e. The number of hydrogen-bond acceptors (Lipinski definition) is 3. The summed E-state index contributed by atoms with van der Waals surface area (Å²) in [4.78, 5) is 7.85. The average molecular weight is 243 g/mol. The Morgan fingerprint density at radius 2 is 2.22 bits per heavy atom. The van der Waals surface area contributed by atoms with E-state index < -0.39 is 0 Å². The summed E-state index contributed by atoms with van der Waals surface area (Å²) in [5.74, 6) is 0. The number of fused-ring (bicyclic) bond motifs is 3. The lowest BCUT2D eigenvalue weighted by Gasteiger charge is -2.32. The van der Waals surface area contributed by atoms with Crippen molar-refractivity contribution in [1.82, 2.24) is 14.4 Å². The normalized spacial score (nSPS) is 23.7. The van der Waals surface area contributed by atoms with Crippen molar-refractivity contribution in [3.63, 3.8) is 0 Å². The van der Waals surface area contributed by atoms with Crippen molar-refractivity contribution in [3.05, 3.63) is 35.9 Å². The summed E-state index contributed by atoms with van der Waals surface area (Å²) in [6, 6.07) is 4.09. The highest BCUT2D eigenvalue weighted by Crippen LogP contribution is 2.33. The van der Waals surface area contributed by atoms with Gasteiger partial charge in [-0.25, -0.2) is 4.98 Å².